The van der Waals surface area contributed by atoms with Crippen molar-refractivity contribution in [3.05, 3.63) is 11.6 Å². The minimum absolute atomic E-state index is 0.00752. The number of hydrazine groups is 1. The minimum atomic E-state index is -0.970. The molecule has 0 radical (unpaired) electrons. The Kier molecular flexibility index (Phi) is 4.46. The van der Waals surface area contributed by atoms with E-state index in [0.717, 1.165) is 29.5 Å². The van der Waals surface area contributed by atoms with E-state index >= 15 is 0 Å². The highest BCUT2D eigenvalue weighted by molar-refractivity contribution is 6.07. The summed E-state index contributed by atoms with van der Waals surface area (Å²) in [6, 6.07) is -0.522. The van der Waals surface area contributed by atoms with Crippen LogP contribution in [-0.2, 0) is 22.6 Å². The second-order valence-electron chi connectivity index (χ2n) is 6.67. The number of carbonyl (C=O) groups is 3. The number of aryl methyl sites for hydroxylation is 2. The number of amides is 4. The van der Waals surface area contributed by atoms with Gasteiger partial charge in [-0.25, -0.2) is 14.5 Å². The van der Waals surface area contributed by atoms with E-state index in [1.165, 1.54) is 0 Å². The van der Waals surface area contributed by atoms with Crippen molar-refractivity contribution in [2.45, 2.75) is 58.2 Å². The van der Waals surface area contributed by atoms with Gasteiger partial charge >= 0.3 is 6.03 Å². The molecule has 1 fully saturated rings. The molecule has 0 unspecified atom stereocenters. The third kappa shape index (κ3) is 3.34. The van der Waals surface area contributed by atoms with Crippen LogP contribution in [-0.4, -0.2) is 55.7 Å². The number of aromatic nitrogens is 3. The second kappa shape index (κ2) is 6.43. The normalized spacial score (nSPS) is 25.7. The summed E-state index contributed by atoms with van der Waals surface area (Å²) >= 11 is 0. The fourth-order valence-corrected chi connectivity index (χ4v) is 3.03. The Morgan fingerprint density at radius 2 is 2.20 bits per heavy atom. The maximum atomic E-state index is 12.2. The van der Waals surface area contributed by atoms with Gasteiger partial charge in [-0.3, -0.25) is 15.0 Å². The third-order valence-electron chi connectivity index (χ3n) is 4.72. The van der Waals surface area contributed by atoms with Crippen LogP contribution in [0.15, 0.2) is 0 Å². The Labute approximate surface area is 145 Å². The molecule has 3 N–H and O–H groups in total. The summed E-state index contributed by atoms with van der Waals surface area (Å²) in [5.74, 6) is 0.808. The summed E-state index contributed by atoms with van der Waals surface area (Å²) in [4.78, 5) is 40.6. The van der Waals surface area contributed by atoms with Gasteiger partial charge in [-0.1, -0.05) is 6.92 Å². The zero-order chi connectivity index (χ0) is 18.2. The smallest absolute Gasteiger partial charge is 0.322 e. The van der Waals surface area contributed by atoms with E-state index < -0.39 is 23.4 Å². The number of nitrogens with zero attached hydrogens (tertiary/aromatic N) is 4. The molecule has 136 valence electrons. The molecule has 10 heteroatoms. The van der Waals surface area contributed by atoms with E-state index in [-0.39, 0.29) is 12.6 Å². The van der Waals surface area contributed by atoms with Crippen LogP contribution in [0.3, 0.4) is 0 Å². The van der Waals surface area contributed by atoms with Gasteiger partial charge in [-0.05, 0) is 26.7 Å². The highest BCUT2D eigenvalue weighted by atomic mass is 16.2. The Morgan fingerprint density at radius 1 is 1.44 bits per heavy atom. The van der Waals surface area contributed by atoms with Crippen LogP contribution in [0.5, 0.6) is 0 Å². The third-order valence-corrected chi connectivity index (χ3v) is 4.72. The van der Waals surface area contributed by atoms with Crippen molar-refractivity contribution >= 4 is 17.8 Å². The number of hydrogen-bond donors (Lipinski definition) is 3. The van der Waals surface area contributed by atoms with Crippen molar-refractivity contribution in [1.82, 2.24) is 35.8 Å². The minimum Gasteiger partial charge on any atom is -0.322 e. The molecule has 0 bridgehead atoms. The van der Waals surface area contributed by atoms with Crippen molar-refractivity contribution in [2.24, 2.45) is 0 Å². The van der Waals surface area contributed by atoms with E-state index in [1.807, 2.05) is 11.6 Å². The molecule has 10 nitrogen and oxygen atoms in total. The molecular weight excluding hydrogens is 326 g/mol. The zero-order valence-electron chi connectivity index (χ0n) is 14.6. The molecule has 3 rings (SSSR count). The molecule has 25 heavy (non-hydrogen) atoms. The maximum absolute atomic E-state index is 12.2. The number of rotatable bonds is 5. The number of hydrogen-bond acceptors (Lipinski definition) is 6. The number of nitrogens with one attached hydrogen (secondary N) is 3. The van der Waals surface area contributed by atoms with Gasteiger partial charge in [0.2, 0.25) is 0 Å². The monoisotopic (exact) mass is 349 g/mol. The molecule has 4 amide bonds. The lowest BCUT2D eigenvalue weighted by molar-refractivity contribution is -0.138. The van der Waals surface area contributed by atoms with E-state index in [9.17, 15) is 14.4 Å². The number of carbonyl (C=O) groups excluding carboxylic acids is 3. The molecule has 1 saturated heterocycles. The lowest BCUT2D eigenvalue weighted by Gasteiger charge is -2.24. The first-order valence-electron chi connectivity index (χ1n) is 8.42. The van der Waals surface area contributed by atoms with Crippen molar-refractivity contribution in [2.75, 3.05) is 6.54 Å². The Bertz CT molecular complexity index is 716. The fraction of sp³-hybridized carbons (Fsp3) is 0.667. The summed E-state index contributed by atoms with van der Waals surface area (Å²) in [5, 5.41) is 10.8. The molecule has 2 aliphatic heterocycles. The van der Waals surface area contributed by atoms with Gasteiger partial charge in [0.1, 0.15) is 17.2 Å². The van der Waals surface area contributed by atoms with Crippen molar-refractivity contribution in [3.63, 3.8) is 0 Å². The second-order valence-corrected chi connectivity index (χ2v) is 6.67. The topological polar surface area (TPSA) is 121 Å². The first-order chi connectivity index (χ1) is 11.8. The molecule has 0 aliphatic carbocycles. The molecule has 2 atom stereocenters. The SMILES string of the molecule is CC[C@@]1(C)NC(=O)N(NC(=O)CN[C@H]2CCc3nc(C)nn3C2)C1=O. The van der Waals surface area contributed by atoms with Crippen LogP contribution in [0.25, 0.3) is 0 Å². The largest absolute Gasteiger partial charge is 0.344 e. The maximum Gasteiger partial charge on any atom is 0.344 e. The lowest BCUT2D eigenvalue weighted by Crippen LogP contribution is -2.52. The molecule has 1 aromatic rings. The summed E-state index contributed by atoms with van der Waals surface area (Å²) in [6.45, 7) is 5.93. The fourth-order valence-electron chi connectivity index (χ4n) is 3.03. The van der Waals surface area contributed by atoms with Crippen LogP contribution in [0.1, 0.15) is 38.3 Å². The summed E-state index contributed by atoms with van der Waals surface area (Å²) in [7, 11) is 0. The van der Waals surface area contributed by atoms with Crippen LogP contribution < -0.4 is 16.1 Å². The van der Waals surface area contributed by atoms with Gasteiger partial charge in [0, 0.05) is 12.5 Å². The molecular formula is C15H23N7O3. The molecule has 0 spiro atoms. The van der Waals surface area contributed by atoms with Gasteiger partial charge in [-0.2, -0.15) is 10.1 Å². The van der Waals surface area contributed by atoms with Gasteiger partial charge in [0.05, 0.1) is 13.1 Å². The first kappa shape index (κ1) is 17.3. The van der Waals surface area contributed by atoms with E-state index in [2.05, 4.69) is 26.1 Å². The van der Waals surface area contributed by atoms with Crippen LogP contribution in [0.4, 0.5) is 4.79 Å². The quantitative estimate of drug-likeness (QED) is 0.601. The van der Waals surface area contributed by atoms with Crippen LogP contribution >= 0.6 is 0 Å². The first-order valence-corrected chi connectivity index (χ1v) is 8.42. The Hall–Kier alpha value is -2.49. The number of imide groups is 1. The molecule has 0 aromatic carbocycles. The summed E-state index contributed by atoms with van der Waals surface area (Å²) in [6.07, 6.45) is 2.09. The zero-order valence-corrected chi connectivity index (χ0v) is 14.6. The molecule has 3 heterocycles. The van der Waals surface area contributed by atoms with Gasteiger partial charge in [0.15, 0.2) is 0 Å². The highest BCUT2D eigenvalue weighted by Gasteiger charge is 2.47. The molecule has 0 saturated carbocycles. The van der Waals surface area contributed by atoms with Crippen molar-refractivity contribution in [1.29, 1.82) is 0 Å². The number of urea groups is 1. The Balaban J connectivity index is 1.51. The van der Waals surface area contributed by atoms with E-state index in [1.54, 1.807) is 13.8 Å². The Morgan fingerprint density at radius 3 is 2.88 bits per heavy atom. The number of fused-ring (bicyclic) bond motifs is 1. The predicted molar refractivity (Wildman–Crippen MR) is 87.1 cm³/mol. The van der Waals surface area contributed by atoms with Crippen LogP contribution in [0, 0.1) is 6.92 Å². The highest BCUT2D eigenvalue weighted by Crippen LogP contribution is 2.19. The summed E-state index contributed by atoms with van der Waals surface area (Å²) in [5.41, 5.74) is 1.40. The van der Waals surface area contributed by atoms with Crippen molar-refractivity contribution < 1.29 is 14.4 Å². The standard InChI is InChI=1S/C15H23N7O3/c1-4-15(3)13(24)22(14(25)18-15)20-12(23)7-16-10-5-6-11-17-9(2)19-21(11)8-10/h10,16H,4-8H2,1-3H3,(H,18,25)(H,20,23)/t10-,15+/m0/s1. The van der Waals surface area contributed by atoms with E-state index in [0.29, 0.717) is 13.0 Å². The lowest BCUT2D eigenvalue weighted by atomic mass is 10.00. The van der Waals surface area contributed by atoms with Crippen molar-refractivity contribution in [3.8, 4) is 0 Å². The average molecular weight is 349 g/mol. The van der Waals surface area contributed by atoms with Gasteiger partial charge in [0.25, 0.3) is 11.8 Å². The predicted octanol–water partition coefficient (Wildman–Crippen LogP) is -0.757. The van der Waals surface area contributed by atoms with Gasteiger partial charge < -0.3 is 10.6 Å². The van der Waals surface area contributed by atoms with Gasteiger partial charge in [-0.15, -0.1) is 0 Å². The molecule has 2 aliphatic rings. The molecule has 1 aromatic heterocycles. The van der Waals surface area contributed by atoms with E-state index in [4.69, 9.17) is 0 Å². The van der Waals surface area contributed by atoms with Crippen LogP contribution in [0.2, 0.25) is 0 Å². The average Bonchev–Trinajstić information content (AvgIpc) is 3.04. The summed E-state index contributed by atoms with van der Waals surface area (Å²) < 4.78 is 1.85.